The standard InChI is InChI=1S/C21H22ClN3O2/c1-21(2,18-11-14-10-15(22)6-7-17(14)24-18)25-20(26)16-5-3-4-13-12-23-8-9-27-19(13)16/h3-7,10,23H,8-9,11-12H2,1-2H3,(H,25,26). The van der Waals surface area contributed by atoms with E-state index in [2.05, 4.69) is 10.6 Å². The van der Waals surface area contributed by atoms with Crippen molar-refractivity contribution in [2.75, 3.05) is 13.2 Å². The van der Waals surface area contributed by atoms with E-state index in [0.717, 1.165) is 29.1 Å². The fourth-order valence-electron chi connectivity index (χ4n) is 3.48. The summed E-state index contributed by atoms with van der Waals surface area (Å²) in [6.45, 7) is 5.95. The number of carbonyl (C=O) groups is 1. The molecule has 2 heterocycles. The summed E-state index contributed by atoms with van der Waals surface area (Å²) in [6, 6.07) is 11.4. The highest BCUT2D eigenvalue weighted by Crippen LogP contribution is 2.32. The summed E-state index contributed by atoms with van der Waals surface area (Å²) >= 11 is 6.09. The van der Waals surface area contributed by atoms with Gasteiger partial charge in [-0.15, -0.1) is 0 Å². The molecule has 0 spiro atoms. The van der Waals surface area contributed by atoms with E-state index in [4.69, 9.17) is 21.3 Å². The third-order valence-electron chi connectivity index (χ3n) is 4.98. The number of amides is 1. The topological polar surface area (TPSA) is 62.7 Å². The van der Waals surface area contributed by atoms with Crippen molar-refractivity contribution in [3.8, 4) is 5.75 Å². The van der Waals surface area contributed by atoms with E-state index in [0.29, 0.717) is 35.9 Å². The fourth-order valence-corrected chi connectivity index (χ4v) is 3.67. The molecule has 140 valence electrons. The van der Waals surface area contributed by atoms with Crippen LogP contribution in [-0.4, -0.2) is 30.3 Å². The van der Waals surface area contributed by atoms with E-state index in [1.807, 2.05) is 44.2 Å². The third-order valence-corrected chi connectivity index (χ3v) is 5.22. The number of nitrogens with zero attached hydrogens (tertiary/aromatic N) is 1. The first kappa shape index (κ1) is 18.0. The van der Waals surface area contributed by atoms with E-state index in [1.54, 1.807) is 6.07 Å². The number of para-hydroxylation sites is 1. The monoisotopic (exact) mass is 383 g/mol. The minimum atomic E-state index is -0.589. The van der Waals surface area contributed by atoms with E-state index in [1.165, 1.54) is 0 Å². The minimum absolute atomic E-state index is 0.157. The lowest BCUT2D eigenvalue weighted by atomic mass is 9.93. The van der Waals surface area contributed by atoms with E-state index >= 15 is 0 Å². The smallest absolute Gasteiger partial charge is 0.255 e. The Hall–Kier alpha value is -2.37. The number of hydrogen-bond acceptors (Lipinski definition) is 4. The van der Waals surface area contributed by atoms with Crippen molar-refractivity contribution in [3.05, 3.63) is 58.1 Å². The van der Waals surface area contributed by atoms with Crippen molar-refractivity contribution < 1.29 is 9.53 Å². The molecule has 0 aromatic heterocycles. The maximum Gasteiger partial charge on any atom is 0.255 e. The van der Waals surface area contributed by atoms with Crippen molar-refractivity contribution in [3.63, 3.8) is 0 Å². The van der Waals surface area contributed by atoms with Gasteiger partial charge in [0.15, 0.2) is 0 Å². The zero-order chi connectivity index (χ0) is 19.0. The van der Waals surface area contributed by atoms with Crippen molar-refractivity contribution >= 4 is 28.9 Å². The lowest BCUT2D eigenvalue weighted by molar-refractivity contribution is 0.0927. The number of halogens is 1. The van der Waals surface area contributed by atoms with Gasteiger partial charge in [0, 0.05) is 35.8 Å². The van der Waals surface area contributed by atoms with Gasteiger partial charge in [-0.05, 0) is 43.7 Å². The predicted molar refractivity (Wildman–Crippen MR) is 107 cm³/mol. The Morgan fingerprint density at radius 3 is 2.96 bits per heavy atom. The summed E-state index contributed by atoms with van der Waals surface area (Å²) in [5.74, 6) is 0.509. The van der Waals surface area contributed by atoms with Crippen LogP contribution in [0.2, 0.25) is 5.02 Å². The molecule has 2 aliphatic heterocycles. The molecular formula is C21H22ClN3O2. The molecule has 2 N–H and O–H groups in total. The maximum absolute atomic E-state index is 13.0. The molecule has 0 bridgehead atoms. The number of aliphatic imine (C=N–C) groups is 1. The number of fused-ring (bicyclic) bond motifs is 2. The molecule has 0 aliphatic carbocycles. The molecule has 1 amide bonds. The Morgan fingerprint density at radius 2 is 2.11 bits per heavy atom. The molecule has 27 heavy (non-hydrogen) atoms. The lowest BCUT2D eigenvalue weighted by Crippen LogP contribution is -2.50. The van der Waals surface area contributed by atoms with Crippen molar-refractivity contribution in [1.82, 2.24) is 10.6 Å². The zero-order valence-electron chi connectivity index (χ0n) is 15.4. The van der Waals surface area contributed by atoms with Gasteiger partial charge in [0.25, 0.3) is 5.91 Å². The molecule has 2 aromatic carbocycles. The van der Waals surface area contributed by atoms with E-state index in [9.17, 15) is 4.79 Å². The molecule has 0 atom stereocenters. The number of rotatable bonds is 3. The van der Waals surface area contributed by atoms with Crippen molar-refractivity contribution in [2.24, 2.45) is 4.99 Å². The Kier molecular flexibility index (Phi) is 4.66. The second kappa shape index (κ2) is 6.98. The van der Waals surface area contributed by atoms with Gasteiger partial charge in [0.05, 0.1) is 16.8 Å². The van der Waals surface area contributed by atoms with E-state index < -0.39 is 5.54 Å². The maximum atomic E-state index is 13.0. The third kappa shape index (κ3) is 3.57. The van der Waals surface area contributed by atoms with Gasteiger partial charge >= 0.3 is 0 Å². The van der Waals surface area contributed by atoms with Gasteiger partial charge in [0.2, 0.25) is 0 Å². The molecule has 2 aromatic rings. The van der Waals surface area contributed by atoms with Crippen LogP contribution in [0.15, 0.2) is 41.4 Å². The molecule has 4 rings (SSSR count). The normalized spacial score (nSPS) is 15.9. The van der Waals surface area contributed by atoms with Crippen LogP contribution < -0.4 is 15.4 Å². The van der Waals surface area contributed by atoms with Gasteiger partial charge in [-0.3, -0.25) is 9.79 Å². The molecule has 0 fully saturated rings. The average molecular weight is 384 g/mol. The first-order chi connectivity index (χ1) is 12.9. The van der Waals surface area contributed by atoms with Crippen LogP contribution in [0.3, 0.4) is 0 Å². The lowest BCUT2D eigenvalue weighted by Gasteiger charge is -2.27. The van der Waals surface area contributed by atoms with Crippen LogP contribution in [0.5, 0.6) is 5.75 Å². The van der Waals surface area contributed by atoms with Gasteiger partial charge < -0.3 is 15.4 Å². The van der Waals surface area contributed by atoms with Crippen LogP contribution in [0.25, 0.3) is 0 Å². The second-order valence-corrected chi connectivity index (χ2v) is 7.84. The number of ether oxygens (including phenoxy) is 1. The first-order valence-electron chi connectivity index (χ1n) is 9.08. The van der Waals surface area contributed by atoms with Gasteiger partial charge in [0.1, 0.15) is 12.4 Å². The molecule has 6 heteroatoms. The van der Waals surface area contributed by atoms with Crippen LogP contribution in [0, 0.1) is 0 Å². The first-order valence-corrected chi connectivity index (χ1v) is 9.46. The molecule has 2 aliphatic rings. The van der Waals surface area contributed by atoms with Crippen LogP contribution in [-0.2, 0) is 13.0 Å². The SMILES string of the molecule is CC(C)(NC(=O)c1cccc2c1OCCNC2)C1=Nc2ccc(Cl)cc2C1. The second-order valence-electron chi connectivity index (χ2n) is 7.41. The summed E-state index contributed by atoms with van der Waals surface area (Å²) < 4.78 is 5.84. The summed E-state index contributed by atoms with van der Waals surface area (Å²) in [6.07, 6.45) is 0.677. The van der Waals surface area contributed by atoms with Gasteiger partial charge in [-0.25, -0.2) is 0 Å². The average Bonchev–Trinajstić information content (AvgIpc) is 2.91. The number of nitrogens with one attached hydrogen (secondary N) is 2. The molecule has 0 saturated carbocycles. The highest BCUT2D eigenvalue weighted by molar-refractivity contribution is 6.30. The summed E-state index contributed by atoms with van der Waals surface area (Å²) in [5.41, 5.74) is 3.88. The molecule has 0 radical (unpaired) electrons. The Morgan fingerprint density at radius 1 is 1.26 bits per heavy atom. The molecular weight excluding hydrogens is 362 g/mol. The van der Waals surface area contributed by atoms with Crippen molar-refractivity contribution in [1.29, 1.82) is 0 Å². The summed E-state index contributed by atoms with van der Waals surface area (Å²) in [5, 5.41) is 7.12. The Labute approximate surface area is 163 Å². The largest absolute Gasteiger partial charge is 0.491 e. The highest BCUT2D eigenvalue weighted by atomic mass is 35.5. The van der Waals surface area contributed by atoms with Crippen molar-refractivity contribution in [2.45, 2.75) is 32.4 Å². The van der Waals surface area contributed by atoms with Crippen LogP contribution in [0.4, 0.5) is 5.69 Å². The predicted octanol–water partition coefficient (Wildman–Crippen LogP) is 3.66. The highest BCUT2D eigenvalue weighted by Gasteiger charge is 2.32. The molecule has 0 unspecified atom stereocenters. The fraction of sp³-hybridized carbons (Fsp3) is 0.333. The zero-order valence-corrected chi connectivity index (χ0v) is 16.2. The Bertz CT molecular complexity index is 937. The van der Waals surface area contributed by atoms with Crippen LogP contribution in [0.1, 0.15) is 35.3 Å². The number of benzene rings is 2. The summed E-state index contributed by atoms with van der Waals surface area (Å²) in [7, 11) is 0. The van der Waals surface area contributed by atoms with Gasteiger partial charge in [-0.1, -0.05) is 23.7 Å². The molecule has 0 saturated heterocycles. The number of hydrogen-bond donors (Lipinski definition) is 2. The number of carbonyl (C=O) groups excluding carboxylic acids is 1. The minimum Gasteiger partial charge on any atom is -0.491 e. The van der Waals surface area contributed by atoms with Crippen LogP contribution >= 0.6 is 11.6 Å². The van der Waals surface area contributed by atoms with E-state index in [-0.39, 0.29) is 5.91 Å². The Balaban J connectivity index is 1.57. The summed E-state index contributed by atoms with van der Waals surface area (Å²) in [4.78, 5) is 17.8. The quantitative estimate of drug-likeness (QED) is 0.850. The van der Waals surface area contributed by atoms with Gasteiger partial charge in [-0.2, -0.15) is 0 Å². The molecule has 5 nitrogen and oxygen atoms in total.